The number of rotatable bonds is 4. The lowest BCUT2D eigenvalue weighted by Crippen LogP contribution is -2.44. The largest absolute Gasteiger partial charge is 0.481 e. The molecular weight excluding hydrogens is 370 g/mol. The number of nitrogens with zero attached hydrogens (tertiary/aromatic N) is 3. The molecule has 0 radical (unpaired) electrons. The van der Waals surface area contributed by atoms with Crippen LogP contribution in [0.15, 0.2) is 48.5 Å². The molecule has 142 valence electrons. The summed E-state index contributed by atoms with van der Waals surface area (Å²) < 4.78 is 6.99. The molecule has 6 heteroatoms. The first kappa shape index (κ1) is 18.5. The van der Waals surface area contributed by atoms with Crippen LogP contribution < -0.4 is 4.74 Å². The van der Waals surface area contributed by atoms with E-state index in [9.17, 15) is 4.79 Å². The fourth-order valence-corrected chi connectivity index (χ4v) is 4.67. The van der Waals surface area contributed by atoms with E-state index in [2.05, 4.69) is 18.2 Å². The van der Waals surface area contributed by atoms with Crippen molar-refractivity contribution in [3.05, 3.63) is 59.1 Å². The number of hydrogen-bond donors (Lipinski definition) is 0. The Bertz CT molecular complexity index is 981. The van der Waals surface area contributed by atoms with Crippen molar-refractivity contribution < 1.29 is 9.53 Å². The molecule has 0 N–H and O–H groups in total. The van der Waals surface area contributed by atoms with Gasteiger partial charge in [-0.15, -0.1) is 11.3 Å². The van der Waals surface area contributed by atoms with Gasteiger partial charge in [-0.25, -0.2) is 4.98 Å². The van der Waals surface area contributed by atoms with Gasteiger partial charge in [0.15, 0.2) is 6.10 Å². The number of thiazole rings is 1. The molecule has 1 amide bonds. The lowest BCUT2D eigenvalue weighted by atomic mass is 9.97. The van der Waals surface area contributed by atoms with E-state index in [1.165, 1.54) is 9.71 Å². The molecular formula is C22H21N3O2S. The first-order valence-corrected chi connectivity index (χ1v) is 10.3. The van der Waals surface area contributed by atoms with Crippen LogP contribution in [-0.2, 0) is 4.79 Å². The molecule has 1 fully saturated rings. The zero-order valence-corrected chi connectivity index (χ0v) is 16.5. The highest BCUT2D eigenvalue weighted by Gasteiger charge is 2.29. The molecule has 1 saturated heterocycles. The Labute approximate surface area is 168 Å². The number of para-hydroxylation sites is 1. The number of carbonyl (C=O) groups is 1. The van der Waals surface area contributed by atoms with E-state index >= 15 is 0 Å². The number of fused-ring (bicyclic) bond motifs is 1. The number of piperidine rings is 1. The molecule has 0 saturated carbocycles. The third-order valence-corrected chi connectivity index (χ3v) is 6.31. The minimum Gasteiger partial charge on any atom is -0.481 e. The van der Waals surface area contributed by atoms with Gasteiger partial charge in [0.25, 0.3) is 5.91 Å². The fraction of sp³-hybridized carbons (Fsp3) is 0.318. The van der Waals surface area contributed by atoms with Crippen molar-refractivity contribution in [2.45, 2.75) is 31.8 Å². The molecule has 0 spiro atoms. The van der Waals surface area contributed by atoms with Crippen molar-refractivity contribution in [1.29, 1.82) is 5.26 Å². The summed E-state index contributed by atoms with van der Waals surface area (Å²) in [6.45, 7) is 3.22. The maximum Gasteiger partial charge on any atom is 0.263 e. The molecule has 0 aliphatic carbocycles. The lowest BCUT2D eigenvalue weighted by molar-refractivity contribution is -0.139. The smallest absolute Gasteiger partial charge is 0.263 e. The van der Waals surface area contributed by atoms with E-state index in [1.807, 2.05) is 17.0 Å². The Kier molecular flexibility index (Phi) is 5.27. The van der Waals surface area contributed by atoms with Gasteiger partial charge in [0.1, 0.15) is 5.75 Å². The van der Waals surface area contributed by atoms with Crippen molar-refractivity contribution in [3.8, 4) is 11.8 Å². The van der Waals surface area contributed by atoms with E-state index < -0.39 is 6.10 Å². The summed E-state index contributed by atoms with van der Waals surface area (Å²) in [5.41, 5.74) is 1.63. The van der Waals surface area contributed by atoms with Crippen LogP contribution in [0.25, 0.3) is 10.2 Å². The predicted octanol–water partition coefficient (Wildman–Crippen LogP) is 4.34. The van der Waals surface area contributed by atoms with E-state index in [1.54, 1.807) is 42.5 Å². The number of benzene rings is 2. The Morgan fingerprint density at radius 2 is 1.93 bits per heavy atom. The number of likely N-dealkylation sites (tertiary alicyclic amines) is 1. The van der Waals surface area contributed by atoms with E-state index in [0.29, 0.717) is 17.2 Å². The van der Waals surface area contributed by atoms with Gasteiger partial charge in [-0.05, 0) is 56.2 Å². The molecule has 3 aromatic rings. The molecule has 2 heterocycles. The highest BCUT2D eigenvalue weighted by atomic mass is 32.1. The fourth-order valence-electron chi connectivity index (χ4n) is 3.53. The molecule has 5 nitrogen and oxygen atoms in total. The minimum atomic E-state index is -0.549. The number of aromatic nitrogens is 1. The third-order valence-electron chi connectivity index (χ3n) is 5.11. The molecule has 28 heavy (non-hydrogen) atoms. The molecule has 4 rings (SSSR count). The Hall–Kier alpha value is -2.91. The van der Waals surface area contributed by atoms with Crippen LogP contribution in [0.4, 0.5) is 0 Å². The maximum absolute atomic E-state index is 12.7. The van der Waals surface area contributed by atoms with Gasteiger partial charge < -0.3 is 9.64 Å². The average molecular weight is 391 g/mol. The normalized spacial score (nSPS) is 15.9. The van der Waals surface area contributed by atoms with Crippen molar-refractivity contribution in [2.75, 3.05) is 13.1 Å². The van der Waals surface area contributed by atoms with Gasteiger partial charge in [0.2, 0.25) is 0 Å². The number of carbonyl (C=O) groups excluding carboxylic acids is 1. The highest BCUT2D eigenvalue weighted by molar-refractivity contribution is 7.18. The Balaban J connectivity index is 1.34. The maximum atomic E-state index is 12.7. The molecule has 2 aromatic carbocycles. The van der Waals surface area contributed by atoms with Crippen LogP contribution in [0.3, 0.4) is 0 Å². The highest BCUT2D eigenvalue weighted by Crippen LogP contribution is 2.34. The van der Waals surface area contributed by atoms with Gasteiger partial charge in [0, 0.05) is 19.0 Å². The second kappa shape index (κ2) is 7.99. The van der Waals surface area contributed by atoms with Crippen LogP contribution in [0.5, 0.6) is 5.75 Å². The number of hydrogen-bond acceptors (Lipinski definition) is 5. The third kappa shape index (κ3) is 3.85. The van der Waals surface area contributed by atoms with Crippen LogP contribution in [0.1, 0.15) is 36.3 Å². The number of ether oxygens (including phenoxy) is 1. The van der Waals surface area contributed by atoms with Crippen molar-refractivity contribution >= 4 is 27.5 Å². The van der Waals surface area contributed by atoms with Crippen molar-refractivity contribution in [3.63, 3.8) is 0 Å². The number of nitriles is 1. The van der Waals surface area contributed by atoms with Gasteiger partial charge in [-0.1, -0.05) is 12.1 Å². The summed E-state index contributed by atoms with van der Waals surface area (Å²) in [6.07, 6.45) is 1.30. The van der Waals surface area contributed by atoms with Crippen LogP contribution in [0, 0.1) is 11.3 Å². The summed E-state index contributed by atoms with van der Waals surface area (Å²) in [4.78, 5) is 19.4. The number of amides is 1. The topological polar surface area (TPSA) is 66.2 Å². The monoisotopic (exact) mass is 391 g/mol. The van der Waals surface area contributed by atoms with Crippen LogP contribution >= 0.6 is 11.3 Å². The van der Waals surface area contributed by atoms with E-state index in [0.717, 1.165) is 31.4 Å². The second-order valence-electron chi connectivity index (χ2n) is 7.02. The van der Waals surface area contributed by atoms with Crippen LogP contribution in [-0.4, -0.2) is 35.0 Å². The first-order chi connectivity index (χ1) is 13.6. The molecule has 1 aromatic heterocycles. The first-order valence-electron chi connectivity index (χ1n) is 9.45. The van der Waals surface area contributed by atoms with Gasteiger partial charge >= 0.3 is 0 Å². The molecule has 1 aliphatic heterocycles. The van der Waals surface area contributed by atoms with Crippen molar-refractivity contribution in [1.82, 2.24) is 9.88 Å². The standard InChI is InChI=1S/C22H21N3O2S/c1-15(27-18-8-6-16(14-23)7-9-18)22(26)25-12-10-17(11-13-25)21-24-19-4-2-3-5-20(19)28-21/h2-9,15,17H,10-13H2,1H3. The summed E-state index contributed by atoms with van der Waals surface area (Å²) in [6, 6.07) is 17.1. The van der Waals surface area contributed by atoms with Gasteiger partial charge in [-0.3, -0.25) is 4.79 Å². The molecule has 1 atom stereocenters. The Morgan fingerprint density at radius 1 is 1.21 bits per heavy atom. The summed E-state index contributed by atoms with van der Waals surface area (Å²) in [7, 11) is 0. The average Bonchev–Trinajstić information content (AvgIpc) is 3.18. The lowest BCUT2D eigenvalue weighted by Gasteiger charge is -2.32. The second-order valence-corrected chi connectivity index (χ2v) is 8.08. The predicted molar refractivity (Wildman–Crippen MR) is 109 cm³/mol. The van der Waals surface area contributed by atoms with Gasteiger partial charge in [-0.2, -0.15) is 5.26 Å². The quantitative estimate of drug-likeness (QED) is 0.663. The van der Waals surface area contributed by atoms with Gasteiger partial charge in [0.05, 0.1) is 26.9 Å². The molecule has 0 bridgehead atoms. The summed E-state index contributed by atoms with van der Waals surface area (Å²) >= 11 is 1.76. The SMILES string of the molecule is CC(Oc1ccc(C#N)cc1)C(=O)N1CCC(c2nc3ccccc3s2)CC1. The van der Waals surface area contributed by atoms with Crippen molar-refractivity contribution in [2.24, 2.45) is 0 Å². The zero-order valence-electron chi connectivity index (χ0n) is 15.7. The van der Waals surface area contributed by atoms with Crippen LogP contribution in [0.2, 0.25) is 0 Å². The molecule has 1 unspecified atom stereocenters. The Morgan fingerprint density at radius 3 is 2.61 bits per heavy atom. The molecule has 1 aliphatic rings. The van der Waals surface area contributed by atoms with E-state index in [-0.39, 0.29) is 5.91 Å². The summed E-state index contributed by atoms with van der Waals surface area (Å²) in [5, 5.41) is 10.0. The summed E-state index contributed by atoms with van der Waals surface area (Å²) in [5.74, 6) is 1.02. The minimum absolute atomic E-state index is 0.00658. The van der Waals surface area contributed by atoms with E-state index in [4.69, 9.17) is 15.0 Å². The zero-order chi connectivity index (χ0) is 19.5.